The van der Waals surface area contributed by atoms with Crippen molar-refractivity contribution in [1.82, 2.24) is 14.7 Å². The highest BCUT2D eigenvalue weighted by Gasteiger charge is 2.28. The molecule has 0 saturated heterocycles. The molecule has 1 fully saturated rings. The first kappa shape index (κ1) is 15.4. The molecule has 0 bridgehead atoms. The Labute approximate surface area is 141 Å². The number of aryl methyl sites for hydroxylation is 1. The van der Waals surface area contributed by atoms with E-state index < -0.39 is 10.0 Å². The van der Waals surface area contributed by atoms with Gasteiger partial charge in [0.2, 0.25) is 10.0 Å². The summed E-state index contributed by atoms with van der Waals surface area (Å²) in [6.45, 7) is 2.10. The van der Waals surface area contributed by atoms with Gasteiger partial charge in [0.15, 0.2) is 0 Å². The van der Waals surface area contributed by atoms with Crippen LogP contribution in [-0.4, -0.2) is 24.4 Å². The topological polar surface area (TPSA) is 74.8 Å². The highest BCUT2D eigenvalue weighted by molar-refractivity contribution is 7.89. The molecule has 3 aromatic rings. The smallest absolute Gasteiger partial charge is 0.240 e. The number of aromatic nitrogens is 2. The first-order valence-corrected chi connectivity index (χ1v) is 9.64. The molecule has 1 aliphatic rings. The summed E-state index contributed by atoms with van der Waals surface area (Å²) >= 11 is 0. The van der Waals surface area contributed by atoms with Gasteiger partial charge in [-0.2, -0.15) is 0 Å². The molecule has 0 amide bonds. The number of pyridine rings is 1. The van der Waals surface area contributed by atoms with E-state index in [2.05, 4.69) is 27.7 Å². The number of aromatic amines is 1. The minimum atomic E-state index is -3.45. The van der Waals surface area contributed by atoms with Crippen LogP contribution in [0.2, 0.25) is 0 Å². The predicted octanol–water partition coefficient (Wildman–Crippen LogP) is 3.23. The number of benzene rings is 1. The maximum atomic E-state index is 12.4. The third kappa shape index (κ3) is 2.83. The maximum absolute atomic E-state index is 12.4. The molecule has 4 rings (SSSR count). The van der Waals surface area contributed by atoms with Gasteiger partial charge in [-0.25, -0.2) is 18.1 Å². The number of hydrogen-bond acceptors (Lipinski definition) is 3. The lowest BCUT2D eigenvalue weighted by molar-refractivity contribution is 0.581. The zero-order valence-electron chi connectivity index (χ0n) is 13.4. The molecule has 2 aromatic heterocycles. The van der Waals surface area contributed by atoms with Crippen LogP contribution < -0.4 is 4.72 Å². The van der Waals surface area contributed by atoms with E-state index in [4.69, 9.17) is 0 Å². The Kier molecular flexibility index (Phi) is 3.66. The normalized spacial score (nSPS) is 15.0. The molecule has 5 nitrogen and oxygen atoms in total. The second-order valence-corrected chi connectivity index (χ2v) is 7.93. The molecule has 0 unspecified atom stereocenters. The Hall–Kier alpha value is -2.18. The third-order valence-corrected chi connectivity index (χ3v) is 5.89. The van der Waals surface area contributed by atoms with Gasteiger partial charge in [-0.3, -0.25) is 0 Å². The van der Waals surface area contributed by atoms with Crippen LogP contribution in [0.5, 0.6) is 0 Å². The van der Waals surface area contributed by atoms with Crippen LogP contribution in [0.25, 0.3) is 22.2 Å². The number of nitrogens with zero attached hydrogens (tertiary/aromatic N) is 1. The number of fused-ring (bicyclic) bond motifs is 1. The van der Waals surface area contributed by atoms with E-state index in [1.165, 1.54) is 5.56 Å². The van der Waals surface area contributed by atoms with Crippen LogP contribution in [0, 0.1) is 0 Å². The molecule has 124 valence electrons. The Morgan fingerprint density at radius 1 is 1.25 bits per heavy atom. The van der Waals surface area contributed by atoms with Gasteiger partial charge in [-0.05, 0) is 48.6 Å². The largest absolute Gasteiger partial charge is 0.346 e. The van der Waals surface area contributed by atoms with Crippen molar-refractivity contribution >= 4 is 21.1 Å². The van der Waals surface area contributed by atoms with Crippen molar-refractivity contribution in [3.05, 3.63) is 48.3 Å². The van der Waals surface area contributed by atoms with Gasteiger partial charge in [-0.1, -0.05) is 19.1 Å². The molecule has 2 N–H and O–H groups in total. The molecule has 0 atom stereocenters. The Morgan fingerprint density at radius 3 is 2.83 bits per heavy atom. The maximum Gasteiger partial charge on any atom is 0.240 e. The summed E-state index contributed by atoms with van der Waals surface area (Å²) in [6.07, 6.45) is 6.52. The monoisotopic (exact) mass is 341 g/mol. The predicted molar refractivity (Wildman–Crippen MR) is 94.3 cm³/mol. The van der Waals surface area contributed by atoms with Crippen LogP contribution in [0.4, 0.5) is 0 Å². The summed E-state index contributed by atoms with van der Waals surface area (Å²) in [5.74, 6) is 0. The van der Waals surface area contributed by atoms with Crippen LogP contribution in [-0.2, 0) is 16.4 Å². The summed E-state index contributed by atoms with van der Waals surface area (Å²) < 4.78 is 27.5. The van der Waals surface area contributed by atoms with E-state index >= 15 is 0 Å². The fraction of sp³-hybridized carbons (Fsp3) is 0.278. The number of hydrogen-bond donors (Lipinski definition) is 2. The third-order valence-electron chi connectivity index (χ3n) is 4.37. The number of nitrogens with one attached hydrogen (secondary N) is 2. The van der Waals surface area contributed by atoms with E-state index in [0.29, 0.717) is 4.90 Å². The first-order valence-electron chi connectivity index (χ1n) is 8.15. The average Bonchev–Trinajstić information content (AvgIpc) is 3.30. The molecule has 6 heteroatoms. The van der Waals surface area contributed by atoms with E-state index in [0.717, 1.165) is 41.4 Å². The lowest BCUT2D eigenvalue weighted by atomic mass is 10.1. The molecule has 24 heavy (non-hydrogen) atoms. The SMILES string of the molecule is CCc1c[nH]c2ncc(-c3cccc(S(=O)(=O)NC4CC4)c3)cc12. The first-order chi connectivity index (χ1) is 11.6. The summed E-state index contributed by atoms with van der Waals surface area (Å²) in [7, 11) is -3.45. The molecule has 1 saturated carbocycles. The van der Waals surface area contributed by atoms with Crippen molar-refractivity contribution in [2.45, 2.75) is 37.1 Å². The van der Waals surface area contributed by atoms with Crippen molar-refractivity contribution in [3.63, 3.8) is 0 Å². The summed E-state index contributed by atoms with van der Waals surface area (Å²) in [6, 6.07) is 9.21. The van der Waals surface area contributed by atoms with Crippen molar-refractivity contribution in [1.29, 1.82) is 0 Å². The Morgan fingerprint density at radius 2 is 2.08 bits per heavy atom. The van der Waals surface area contributed by atoms with Gasteiger partial charge in [0.25, 0.3) is 0 Å². The van der Waals surface area contributed by atoms with Gasteiger partial charge in [-0.15, -0.1) is 0 Å². The molecule has 0 spiro atoms. The quantitative estimate of drug-likeness (QED) is 0.748. The lowest BCUT2D eigenvalue weighted by Crippen LogP contribution is -2.25. The average molecular weight is 341 g/mol. The van der Waals surface area contributed by atoms with E-state index in [1.807, 2.05) is 12.3 Å². The molecule has 0 radical (unpaired) electrons. The van der Waals surface area contributed by atoms with Crippen LogP contribution in [0.3, 0.4) is 0 Å². The zero-order valence-corrected chi connectivity index (χ0v) is 14.2. The standard InChI is InChI=1S/C18H19N3O2S/c1-2-12-10-19-18-17(12)9-14(11-20-18)13-4-3-5-16(8-13)24(22,23)21-15-6-7-15/h3-5,8-11,15,21H,2,6-7H2,1H3,(H,19,20). The van der Waals surface area contributed by atoms with Crippen molar-refractivity contribution < 1.29 is 8.42 Å². The lowest BCUT2D eigenvalue weighted by Gasteiger charge is -2.08. The van der Waals surface area contributed by atoms with Gasteiger partial charge < -0.3 is 4.98 Å². The van der Waals surface area contributed by atoms with Crippen molar-refractivity contribution in [3.8, 4) is 11.1 Å². The van der Waals surface area contributed by atoms with Crippen LogP contribution in [0.1, 0.15) is 25.3 Å². The highest BCUT2D eigenvalue weighted by atomic mass is 32.2. The minimum Gasteiger partial charge on any atom is -0.346 e. The summed E-state index contributed by atoms with van der Waals surface area (Å²) in [5, 5.41) is 1.08. The van der Waals surface area contributed by atoms with Gasteiger partial charge >= 0.3 is 0 Å². The molecule has 2 heterocycles. The number of sulfonamides is 1. The van der Waals surface area contributed by atoms with Crippen molar-refractivity contribution in [2.75, 3.05) is 0 Å². The Balaban J connectivity index is 1.75. The summed E-state index contributed by atoms with van der Waals surface area (Å²) in [4.78, 5) is 7.92. The molecular weight excluding hydrogens is 322 g/mol. The molecule has 0 aliphatic heterocycles. The second kappa shape index (κ2) is 5.72. The zero-order chi connectivity index (χ0) is 16.7. The second-order valence-electron chi connectivity index (χ2n) is 6.21. The summed E-state index contributed by atoms with van der Waals surface area (Å²) in [5.41, 5.74) is 3.83. The minimum absolute atomic E-state index is 0.101. The van der Waals surface area contributed by atoms with Gasteiger partial charge in [0.1, 0.15) is 5.65 Å². The fourth-order valence-corrected chi connectivity index (χ4v) is 4.19. The van der Waals surface area contributed by atoms with E-state index in [1.54, 1.807) is 24.4 Å². The highest BCUT2D eigenvalue weighted by Crippen LogP contribution is 2.28. The van der Waals surface area contributed by atoms with Gasteiger partial charge in [0, 0.05) is 29.4 Å². The number of H-pyrrole nitrogens is 1. The molecular formula is C18H19N3O2S. The van der Waals surface area contributed by atoms with Gasteiger partial charge in [0.05, 0.1) is 4.90 Å². The fourth-order valence-electron chi connectivity index (χ4n) is 2.84. The van der Waals surface area contributed by atoms with E-state index in [-0.39, 0.29) is 6.04 Å². The molecule has 1 aromatic carbocycles. The van der Waals surface area contributed by atoms with Crippen molar-refractivity contribution in [2.24, 2.45) is 0 Å². The van der Waals surface area contributed by atoms with Crippen LogP contribution >= 0.6 is 0 Å². The number of rotatable bonds is 5. The van der Waals surface area contributed by atoms with E-state index in [9.17, 15) is 8.42 Å². The molecule has 1 aliphatic carbocycles. The van der Waals surface area contributed by atoms with Crippen LogP contribution in [0.15, 0.2) is 47.6 Å². The Bertz CT molecular complexity index is 1000.